The summed E-state index contributed by atoms with van der Waals surface area (Å²) >= 11 is 0. The quantitative estimate of drug-likeness (QED) is 0.683. The van der Waals surface area contributed by atoms with Gasteiger partial charge in [-0.1, -0.05) is 26.0 Å². The molecular weight excluding hydrogens is 338 g/mol. The summed E-state index contributed by atoms with van der Waals surface area (Å²) in [6, 6.07) is 6.46. The van der Waals surface area contributed by atoms with Gasteiger partial charge in [0.25, 0.3) is 0 Å². The summed E-state index contributed by atoms with van der Waals surface area (Å²) in [5, 5.41) is 2.99. The first-order chi connectivity index (χ1) is 13.0. The van der Waals surface area contributed by atoms with Crippen LogP contribution in [0.15, 0.2) is 18.2 Å². The second kappa shape index (κ2) is 11.0. The lowest BCUT2D eigenvalue weighted by Crippen LogP contribution is -2.32. The maximum Gasteiger partial charge on any atom is 0.222 e. The van der Waals surface area contributed by atoms with E-state index in [1.54, 1.807) is 0 Å². The van der Waals surface area contributed by atoms with Crippen molar-refractivity contribution in [1.82, 2.24) is 10.2 Å². The first-order valence-corrected chi connectivity index (χ1v) is 10.4. The third-order valence-corrected chi connectivity index (χ3v) is 5.12. The monoisotopic (exact) mass is 373 g/mol. The highest BCUT2D eigenvalue weighted by molar-refractivity contribution is 5.79. The fourth-order valence-electron chi connectivity index (χ4n) is 3.70. The van der Waals surface area contributed by atoms with Crippen molar-refractivity contribution in [3.05, 3.63) is 29.3 Å². The Kier molecular flexibility index (Phi) is 8.62. The highest BCUT2D eigenvalue weighted by atomic mass is 16.2. The second-order valence-corrected chi connectivity index (χ2v) is 7.50. The standard InChI is InChI=1S/C22H35N3O2/c1-4-13-25(14-5-2)22(27)10-6-9-21(26)23-17-18-11-12-20-19(16-18)8-7-15-24(20)3/h11-12,16H,4-10,13-15,17H2,1-3H3,(H,23,26). The summed E-state index contributed by atoms with van der Waals surface area (Å²) in [5.74, 6) is 0.195. The number of fused-ring (bicyclic) bond motifs is 1. The molecule has 2 amide bonds. The van der Waals surface area contributed by atoms with E-state index < -0.39 is 0 Å². The molecular formula is C22H35N3O2. The van der Waals surface area contributed by atoms with Gasteiger partial charge in [0.1, 0.15) is 0 Å². The van der Waals surface area contributed by atoms with E-state index in [-0.39, 0.29) is 11.8 Å². The fraction of sp³-hybridized carbons (Fsp3) is 0.636. The van der Waals surface area contributed by atoms with Crippen molar-refractivity contribution in [2.24, 2.45) is 0 Å². The maximum atomic E-state index is 12.2. The molecule has 1 heterocycles. The molecule has 5 heteroatoms. The predicted octanol–water partition coefficient (Wildman–Crippen LogP) is 3.50. The van der Waals surface area contributed by atoms with Crippen molar-refractivity contribution in [3.63, 3.8) is 0 Å². The van der Waals surface area contributed by atoms with Crippen LogP contribution < -0.4 is 10.2 Å². The third kappa shape index (κ3) is 6.56. The summed E-state index contributed by atoms with van der Waals surface area (Å²) in [6.07, 6.45) is 5.72. The van der Waals surface area contributed by atoms with Gasteiger partial charge in [-0.2, -0.15) is 0 Å². The number of aryl methyl sites for hydroxylation is 1. The molecule has 2 rings (SSSR count). The number of benzene rings is 1. The molecule has 0 fully saturated rings. The Hall–Kier alpha value is -2.04. The largest absolute Gasteiger partial charge is 0.374 e. The normalized spacial score (nSPS) is 13.2. The summed E-state index contributed by atoms with van der Waals surface area (Å²) in [5.41, 5.74) is 3.82. The summed E-state index contributed by atoms with van der Waals surface area (Å²) in [6.45, 7) is 7.46. The first-order valence-electron chi connectivity index (χ1n) is 10.4. The molecule has 150 valence electrons. The average molecular weight is 374 g/mol. The van der Waals surface area contributed by atoms with Crippen molar-refractivity contribution in [3.8, 4) is 0 Å². The number of nitrogens with one attached hydrogen (secondary N) is 1. The van der Waals surface area contributed by atoms with Crippen molar-refractivity contribution in [2.75, 3.05) is 31.6 Å². The zero-order chi connectivity index (χ0) is 19.6. The van der Waals surface area contributed by atoms with Gasteiger partial charge in [-0.3, -0.25) is 9.59 Å². The van der Waals surface area contributed by atoms with Crippen LogP contribution in [0.4, 0.5) is 5.69 Å². The van der Waals surface area contributed by atoms with Crippen LogP contribution in [0.3, 0.4) is 0 Å². The minimum Gasteiger partial charge on any atom is -0.374 e. The van der Waals surface area contributed by atoms with Crippen LogP contribution in [0.25, 0.3) is 0 Å². The van der Waals surface area contributed by atoms with Crippen LogP contribution >= 0.6 is 0 Å². The lowest BCUT2D eigenvalue weighted by atomic mass is 9.99. The van der Waals surface area contributed by atoms with Crippen LogP contribution in [0.2, 0.25) is 0 Å². The van der Waals surface area contributed by atoms with Crippen LogP contribution in [0, 0.1) is 0 Å². The fourth-order valence-corrected chi connectivity index (χ4v) is 3.70. The molecule has 0 radical (unpaired) electrons. The average Bonchev–Trinajstić information content (AvgIpc) is 2.66. The van der Waals surface area contributed by atoms with Crippen LogP contribution in [0.5, 0.6) is 0 Å². The van der Waals surface area contributed by atoms with E-state index in [1.807, 2.05) is 4.90 Å². The van der Waals surface area contributed by atoms with Crippen LogP contribution in [-0.2, 0) is 22.6 Å². The zero-order valence-electron chi connectivity index (χ0n) is 17.2. The van der Waals surface area contributed by atoms with Crippen molar-refractivity contribution >= 4 is 17.5 Å². The number of rotatable bonds is 10. The second-order valence-electron chi connectivity index (χ2n) is 7.50. The number of carbonyl (C=O) groups is 2. The van der Waals surface area contributed by atoms with Gasteiger partial charge < -0.3 is 15.1 Å². The van der Waals surface area contributed by atoms with Gasteiger partial charge in [-0.25, -0.2) is 0 Å². The zero-order valence-corrected chi connectivity index (χ0v) is 17.2. The van der Waals surface area contributed by atoms with Crippen LogP contribution in [0.1, 0.15) is 63.5 Å². The van der Waals surface area contributed by atoms with Gasteiger partial charge in [0.15, 0.2) is 0 Å². The lowest BCUT2D eigenvalue weighted by molar-refractivity contribution is -0.131. The molecule has 0 spiro atoms. The highest BCUT2D eigenvalue weighted by Gasteiger charge is 2.14. The number of nitrogens with zero attached hydrogens (tertiary/aromatic N) is 2. The Morgan fingerprint density at radius 1 is 1.15 bits per heavy atom. The van der Waals surface area contributed by atoms with E-state index in [0.29, 0.717) is 25.8 Å². The number of hydrogen-bond acceptors (Lipinski definition) is 3. The Morgan fingerprint density at radius 3 is 2.59 bits per heavy atom. The summed E-state index contributed by atoms with van der Waals surface area (Å²) < 4.78 is 0. The van der Waals surface area contributed by atoms with E-state index >= 15 is 0 Å². The molecule has 1 aromatic carbocycles. The molecule has 27 heavy (non-hydrogen) atoms. The molecule has 0 unspecified atom stereocenters. The molecule has 0 bridgehead atoms. The van der Waals surface area contributed by atoms with Crippen LogP contribution in [-0.4, -0.2) is 43.4 Å². The summed E-state index contributed by atoms with van der Waals surface area (Å²) in [7, 11) is 2.13. The van der Waals surface area contributed by atoms with Gasteiger partial charge in [0, 0.05) is 51.8 Å². The molecule has 5 nitrogen and oxygen atoms in total. The van der Waals surface area contributed by atoms with Gasteiger partial charge in [-0.15, -0.1) is 0 Å². The van der Waals surface area contributed by atoms with E-state index in [4.69, 9.17) is 0 Å². The van der Waals surface area contributed by atoms with E-state index in [9.17, 15) is 9.59 Å². The highest BCUT2D eigenvalue weighted by Crippen LogP contribution is 2.26. The lowest BCUT2D eigenvalue weighted by Gasteiger charge is -2.27. The predicted molar refractivity (Wildman–Crippen MR) is 111 cm³/mol. The smallest absolute Gasteiger partial charge is 0.222 e. The maximum absolute atomic E-state index is 12.2. The molecule has 1 aromatic rings. The van der Waals surface area contributed by atoms with E-state index in [2.05, 4.69) is 49.3 Å². The van der Waals surface area contributed by atoms with Crippen molar-refractivity contribution < 1.29 is 9.59 Å². The first kappa shape index (κ1) is 21.3. The number of amides is 2. The Balaban J connectivity index is 1.72. The molecule has 0 saturated carbocycles. The number of hydrogen-bond donors (Lipinski definition) is 1. The molecule has 0 aliphatic carbocycles. The van der Waals surface area contributed by atoms with Gasteiger partial charge in [0.2, 0.25) is 11.8 Å². The van der Waals surface area contributed by atoms with Crippen molar-refractivity contribution in [2.45, 2.75) is 65.3 Å². The molecule has 1 aliphatic rings. The molecule has 1 aliphatic heterocycles. The van der Waals surface area contributed by atoms with Crippen molar-refractivity contribution in [1.29, 1.82) is 0 Å². The topological polar surface area (TPSA) is 52.7 Å². The molecule has 0 saturated heterocycles. The third-order valence-electron chi connectivity index (χ3n) is 5.12. The molecule has 1 N–H and O–H groups in total. The number of anilines is 1. The minimum absolute atomic E-state index is 0.0233. The van der Waals surface area contributed by atoms with Gasteiger partial charge in [0.05, 0.1) is 0 Å². The molecule has 0 aromatic heterocycles. The summed E-state index contributed by atoms with van der Waals surface area (Å²) in [4.78, 5) is 28.6. The molecule has 0 atom stereocenters. The Labute approximate surface area is 164 Å². The minimum atomic E-state index is 0.0233. The Morgan fingerprint density at radius 2 is 1.89 bits per heavy atom. The van der Waals surface area contributed by atoms with Gasteiger partial charge >= 0.3 is 0 Å². The van der Waals surface area contributed by atoms with E-state index in [0.717, 1.165) is 44.5 Å². The SMILES string of the molecule is CCCN(CCC)C(=O)CCCC(=O)NCc1ccc2c(c1)CCCN2C. The number of carbonyl (C=O) groups excluding carboxylic acids is 2. The van der Waals surface area contributed by atoms with Gasteiger partial charge in [-0.05, 0) is 49.3 Å². The van der Waals surface area contributed by atoms with E-state index in [1.165, 1.54) is 17.7 Å². The Bertz CT molecular complexity index is 624.